The van der Waals surface area contributed by atoms with Gasteiger partial charge in [0.05, 0.1) is 5.69 Å². The number of nitrogens with zero attached hydrogens (tertiary/aromatic N) is 2. The summed E-state index contributed by atoms with van der Waals surface area (Å²) in [5.74, 6) is -0.202. The summed E-state index contributed by atoms with van der Waals surface area (Å²) in [5, 5.41) is 0.532. The van der Waals surface area contributed by atoms with E-state index in [0.717, 1.165) is 0 Å². The Kier molecular flexibility index (Phi) is 3.81. The minimum atomic E-state index is -0.154. The largest absolute Gasteiger partial charge is 0.370 e. The Hall–Kier alpha value is -1.40. The van der Waals surface area contributed by atoms with Gasteiger partial charge in [-0.3, -0.25) is 0 Å². The van der Waals surface area contributed by atoms with E-state index in [1.165, 1.54) is 0 Å². The van der Waals surface area contributed by atoms with Crippen molar-refractivity contribution in [2.75, 3.05) is 0 Å². The van der Waals surface area contributed by atoms with Gasteiger partial charge in [0, 0.05) is 9.92 Å². The first kappa shape index (κ1) is 11.7. The molecule has 0 aliphatic heterocycles. The van der Waals surface area contributed by atoms with Crippen molar-refractivity contribution in [3.8, 4) is 0 Å². The maximum Gasteiger partial charge on any atom is 0.223 e. The average Bonchev–Trinajstić information content (AvgIpc) is 2.10. The average molecular weight is 244 g/mol. The second-order valence-electron chi connectivity index (χ2n) is 2.64. The second-order valence-corrected chi connectivity index (χ2v) is 3.56. The number of guanidine groups is 2. The first-order valence-corrected chi connectivity index (χ1v) is 4.74. The third-order valence-electron chi connectivity index (χ3n) is 1.42. The predicted molar refractivity (Wildman–Crippen MR) is 65.8 cm³/mol. The van der Waals surface area contributed by atoms with Gasteiger partial charge in [0.25, 0.3) is 0 Å². The highest BCUT2D eigenvalue weighted by Crippen LogP contribution is 2.26. The molecule has 0 saturated heterocycles. The molecular weight excluding hydrogens is 234 g/mol. The Bertz CT molecular complexity index is 425. The highest BCUT2D eigenvalue weighted by molar-refractivity contribution is 7.80. The molecule has 0 atom stereocenters. The van der Waals surface area contributed by atoms with E-state index in [1.54, 1.807) is 18.2 Å². The minimum absolute atomic E-state index is 0.0485. The molecule has 1 aromatic carbocycles. The van der Waals surface area contributed by atoms with Crippen LogP contribution >= 0.6 is 24.2 Å². The number of rotatable bonds is 1. The fourth-order valence-corrected chi connectivity index (χ4v) is 1.22. The van der Waals surface area contributed by atoms with E-state index in [0.29, 0.717) is 15.6 Å². The van der Waals surface area contributed by atoms with Crippen LogP contribution in [0.3, 0.4) is 0 Å². The molecule has 0 aromatic heterocycles. The van der Waals surface area contributed by atoms with Crippen molar-refractivity contribution in [2.24, 2.45) is 27.2 Å². The lowest BCUT2D eigenvalue weighted by atomic mass is 10.3. The van der Waals surface area contributed by atoms with Gasteiger partial charge in [-0.2, -0.15) is 4.99 Å². The maximum atomic E-state index is 5.78. The topological polar surface area (TPSA) is 103 Å². The lowest BCUT2D eigenvalue weighted by molar-refractivity contribution is 1.33. The quantitative estimate of drug-likeness (QED) is 0.334. The molecule has 0 heterocycles. The Morgan fingerprint density at radius 3 is 2.53 bits per heavy atom. The molecule has 1 aromatic rings. The van der Waals surface area contributed by atoms with Crippen molar-refractivity contribution < 1.29 is 0 Å². The Labute approximate surface area is 97.4 Å². The number of halogens is 1. The van der Waals surface area contributed by atoms with Crippen LogP contribution in [0.15, 0.2) is 33.1 Å². The van der Waals surface area contributed by atoms with Gasteiger partial charge in [-0.15, -0.1) is 12.6 Å². The lowest BCUT2D eigenvalue weighted by Crippen LogP contribution is -2.26. The third-order valence-corrected chi connectivity index (χ3v) is 2.03. The van der Waals surface area contributed by atoms with Crippen molar-refractivity contribution in [2.45, 2.75) is 4.90 Å². The number of nitrogens with two attached hydrogens (primary N) is 3. The number of benzene rings is 1. The van der Waals surface area contributed by atoms with Crippen molar-refractivity contribution in [1.29, 1.82) is 0 Å². The molecule has 0 aliphatic carbocycles. The standard InChI is InChI=1S/C8H10ClN5S/c9-4-1-2-6(15)5(3-4)13-8(12)14-7(10)11/h1-3,15H,(H6,10,11,12,13,14). The summed E-state index contributed by atoms with van der Waals surface area (Å²) in [7, 11) is 0. The molecule has 0 bridgehead atoms. The van der Waals surface area contributed by atoms with Crippen LogP contribution in [-0.4, -0.2) is 11.9 Å². The summed E-state index contributed by atoms with van der Waals surface area (Å²) in [6, 6.07) is 5.01. The summed E-state index contributed by atoms with van der Waals surface area (Å²) in [4.78, 5) is 8.14. The van der Waals surface area contributed by atoms with E-state index >= 15 is 0 Å². The van der Waals surface area contributed by atoms with E-state index < -0.39 is 0 Å². The van der Waals surface area contributed by atoms with Crippen LogP contribution in [0.2, 0.25) is 5.02 Å². The van der Waals surface area contributed by atoms with Crippen molar-refractivity contribution >= 4 is 41.8 Å². The molecular formula is C8H10ClN5S. The van der Waals surface area contributed by atoms with Gasteiger partial charge in [-0.25, -0.2) is 4.99 Å². The molecule has 80 valence electrons. The van der Waals surface area contributed by atoms with Crippen LogP contribution in [0.4, 0.5) is 5.69 Å². The molecule has 6 N–H and O–H groups in total. The molecule has 0 saturated carbocycles. The molecule has 1 rings (SSSR count). The Balaban J connectivity index is 3.07. The Morgan fingerprint density at radius 1 is 1.27 bits per heavy atom. The SMILES string of the molecule is NC(N)=NC(N)=Nc1cc(Cl)ccc1S. The molecule has 0 spiro atoms. The van der Waals surface area contributed by atoms with Crippen molar-refractivity contribution in [3.63, 3.8) is 0 Å². The van der Waals surface area contributed by atoms with Crippen LogP contribution in [0.25, 0.3) is 0 Å². The van der Waals surface area contributed by atoms with E-state index in [9.17, 15) is 0 Å². The summed E-state index contributed by atoms with van der Waals surface area (Å²) in [6.45, 7) is 0. The summed E-state index contributed by atoms with van der Waals surface area (Å²) < 4.78 is 0. The molecule has 7 heteroatoms. The van der Waals surface area contributed by atoms with Gasteiger partial charge in [-0.05, 0) is 18.2 Å². The second kappa shape index (κ2) is 4.90. The maximum absolute atomic E-state index is 5.78. The van der Waals surface area contributed by atoms with Gasteiger partial charge in [-0.1, -0.05) is 11.6 Å². The molecule has 0 amide bonds. The van der Waals surface area contributed by atoms with Crippen LogP contribution in [0.1, 0.15) is 0 Å². The highest BCUT2D eigenvalue weighted by Gasteiger charge is 1.99. The van der Waals surface area contributed by atoms with E-state index in [-0.39, 0.29) is 11.9 Å². The number of thiol groups is 1. The van der Waals surface area contributed by atoms with Gasteiger partial charge in [0.2, 0.25) is 5.96 Å². The highest BCUT2D eigenvalue weighted by atomic mass is 35.5. The zero-order valence-corrected chi connectivity index (χ0v) is 9.33. The van der Waals surface area contributed by atoms with E-state index in [2.05, 4.69) is 22.6 Å². The number of hydrogen-bond acceptors (Lipinski definition) is 2. The summed E-state index contributed by atoms with van der Waals surface area (Å²) >= 11 is 9.95. The van der Waals surface area contributed by atoms with E-state index in [4.69, 9.17) is 28.8 Å². The first-order chi connectivity index (χ1) is 6.99. The lowest BCUT2D eigenvalue weighted by Gasteiger charge is -2.00. The molecule has 5 nitrogen and oxygen atoms in total. The summed E-state index contributed by atoms with van der Waals surface area (Å²) in [5.41, 5.74) is 16.2. The van der Waals surface area contributed by atoms with Gasteiger partial charge >= 0.3 is 0 Å². The molecule has 0 fully saturated rings. The smallest absolute Gasteiger partial charge is 0.223 e. The van der Waals surface area contributed by atoms with Crippen molar-refractivity contribution in [1.82, 2.24) is 0 Å². The zero-order chi connectivity index (χ0) is 11.4. The minimum Gasteiger partial charge on any atom is -0.370 e. The normalized spacial score (nSPS) is 11.2. The van der Waals surface area contributed by atoms with Gasteiger partial charge < -0.3 is 17.2 Å². The molecule has 0 unspecified atom stereocenters. The molecule has 15 heavy (non-hydrogen) atoms. The van der Waals surface area contributed by atoms with Gasteiger partial charge in [0.15, 0.2) is 5.96 Å². The predicted octanol–water partition coefficient (Wildman–Crippen LogP) is 0.848. The fraction of sp³-hybridized carbons (Fsp3) is 0. The van der Waals surface area contributed by atoms with Crippen LogP contribution in [-0.2, 0) is 0 Å². The fourth-order valence-electron chi connectivity index (χ4n) is 0.867. The Morgan fingerprint density at radius 2 is 1.93 bits per heavy atom. The number of aliphatic imine (C=N–C) groups is 2. The first-order valence-electron chi connectivity index (χ1n) is 3.91. The monoisotopic (exact) mass is 243 g/mol. The van der Waals surface area contributed by atoms with Gasteiger partial charge in [0.1, 0.15) is 0 Å². The number of hydrogen-bond donors (Lipinski definition) is 4. The zero-order valence-electron chi connectivity index (χ0n) is 7.68. The molecule has 0 aliphatic rings. The van der Waals surface area contributed by atoms with E-state index in [1.807, 2.05) is 0 Å². The summed E-state index contributed by atoms with van der Waals surface area (Å²) in [6.07, 6.45) is 0. The third kappa shape index (κ3) is 3.69. The van der Waals surface area contributed by atoms with Crippen LogP contribution in [0.5, 0.6) is 0 Å². The molecule has 0 radical (unpaired) electrons. The van der Waals surface area contributed by atoms with Crippen LogP contribution in [0, 0.1) is 0 Å². The van der Waals surface area contributed by atoms with Crippen molar-refractivity contribution in [3.05, 3.63) is 23.2 Å². The van der Waals surface area contributed by atoms with Crippen LogP contribution < -0.4 is 17.2 Å².